The zero-order valence-corrected chi connectivity index (χ0v) is 18.2. The highest BCUT2D eigenvalue weighted by atomic mass is 16.5. The molecule has 6 rings (SSSR count). The molecule has 2 aliphatic rings. The van der Waals surface area contributed by atoms with Gasteiger partial charge in [0.15, 0.2) is 0 Å². The molecule has 0 spiro atoms. The number of benzene rings is 3. The van der Waals surface area contributed by atoms with Crippen molar-refractivity contribution in [2.45, 2.75) is 12.1 Å². The summed E-state index contributed by atoms with van der Waals surface area (Å²) in [6.45, 7) is 0. The summed E-state index contributed by atoms with van der Waals surface area (Å²) in [5, 5.41) is 8.08. The summed E-state index contributed by atoms with van der Waals surface area (Å²) in [6, 6.07) is 23.9. The van der Waals surface area contributed by atoms with Crippen LogP contribution in [0.3, 0.4) is 0 Å². The fourth-order valence-corrected chi connectivity index (χ4v) is 4.60. The van der Waals surface area contributed by atoms with Crippen LogP contribution in [0.2, 0.25) is 0 Å². The lowest BCUT2D eigenvalue weighted by Gasteiger charge is -2.39. The summed E-state index contributed by atoms with van der Waals surface area (Å²) in [5.74, 6) is 3.09. The van der Waals surface area contributed by atoms with Crippen molar-refractivity contribution < 1.29 is 14.2 Å². The molecule has 0 saturated heterocycles. The Morgan fingerprint density at radius 2 is 1.70 bits per heavy atom. The van der Waals surface area contributed by atoms with Gasteiger partial charge in [-0.3, -0.25) is 0 Å². The van der Waals surface area contributed by atoms with Gasteiger partial charge in [-0.25, -0.2) is 4.68 Å². The van der Waals surface area contributed by atoms with Crippen molar-refractivity contribution in [2.75, 3.05) is 19.5 Å². The van der Waals surface area contributed by atoms with Crippen LogP contribution in [-0.2, 0) is 0 Å². The van der Waals surface area contributed by atoms with Crippen LogP contribution < -0.4 is 19.5 Å². The maximum Gasteiger partial charge on any atom is 0.226 e. The third-order valence-corrected chi connectivity index (χ3v) is 6.15. The van der Waals surface area contributed by atoms with Gasteiger partial charge < -0.3 is 19.5 Å². The van der Waals surface area contributed by atoms with Crippen molar-refractivity contribution in [3.05, 3.63) is 101 Å². The predicted molar refractivity (Wildman–Crippen MR) is 125 cm³/mol. The Morgan fingerprint density at radius 3 is 2.52 bits per heavy atom. The highest BCUT2D eigenvalue weighted by molar-refractivity contribution is 5.85. The predicted octanol–water partition coefficient (Wildman–Crippen LogP) is 4.86. The number of methoxy groups -OCH3 is 2. The molecule has 164 valence electrons. The summed E-state index contributed by atoms with van der Waals surface area (Å²) in [5.41, 5.74) is 5.11. The van der Waals surface area contributed by atoms with Crippen LogP contribution in [0, 0.1) is 0 Å². The maximum absolute atomic E-state index is 6.63. The van der Waals surface area contributed by atoms with Gasteiger partial charge in [-0.05, 0) is 47.5 Å². The Bertz CT molecular complexity index is 1360. The minimum atomic E-state index is -0.332. The van der Waals surface area contributed by atoms with Gasteiger partial charge in [0.05, 0.1) is 19.9 Å². The van der Waals surface area contributed by atoms with E-state index < -0.39 is 0 Å². The van der Waals surface area contributed by atoms with E-state index >= 15 is 0 Å². The van der Waals surface area contributed by atoms with Crippen LogP contribution >= 0.6 is 0 Å². The van der Waals surface area contributed by atoms with Crippen LogP contribution in [-0.4, -0.2) is 29.0 Å². The van der Waals surface area contributed by atoms with Gasteiger partial charge in [0.2, 0.25) is 5.95 Å². The zero-order valence-electron chi connectivity index (χ0n) is 18.2. The second kappa shape index (κ2) is 7.70. The fourth-order valence-electron chi connectivity index (χ4n) is 4.60. The third-order valence-electron chi connectivity index (χ3n) is 6.15. The van der Waals surface area contributed by atoms with Gasteiger partial charge >= 0.3 is 0 Å². The van der Waals surface area contributed by atoms with E-state index in [1.807, 2.05) is 65.3 Å². The molecule has 0 saturated carbocycles. The number of para-hydroxylation sites is 1. The van der Waals surface area contributed by atoms with Crippen LogP contribution in [0.1, 0.15) is 28.8 Å². The third kappa shape index (κ3) is 3.12. The number of ether oxygens (including phenoxy) is 3. The van der Waals surface area contributed by atoms with Crippen LogP contribution in [0.5, 0.6) is 17.2 Å². The molecule has 1 aromatic heterocycles. The van der Waals surface area contributed by atoms with E-state index in [9.17, 15) is 0 Å². The molecule has 1 N–H and O–H groups in total. The van der Waals surface area contributed by atoms with Gasteiger partial charge in [-0.15, -0.1) is 0 Å². The van der Waals surface area contributed by atoms with E-state index in [2.05, 4.69) is 27.5 Å². The van der Waals surface area contributed by atoms with Gasteiger partial charge in [0.25, 0.3) is 0 Å². The average molecular weight is 438 g/mol. The first kappa shape index (κ1) is 19.4. The van der Waals surface area contributed by atoms with E-state index in [1.165, 1.54) is 0 Å². The molecule has 0 fully saturated rings. The van der Waals surface area contributed by atoms with Crippen molar-refractivity contribution in [3.8, 4) is 17.2 Å². The minimum Gasteiger partial charge on any atom is -0.497 e. The fraction of sp³-hybridized carbons (Fsp3) is 0.154. The van der Waals surface area contributed by atoms with Crippen molar-refractivity contribution in [1.82, 2.24) is 14.8 Å². The number of aromatic nitrogens is 3. The van der Waals surface area contributed by atoms with Gasteiger partial charge in [0, 0.05) is 11.1 Å². The number of hydrogen-bond acceptors (Lipinski definition) is 6. The summed E-state index contributed by atoms with van der Waals surface area (Å²) in [7, 11) is 3.34. The number of hydrogen-bond donors (Lipinski definition) is 1. The highest BCUT2D eigenvalue weighted by Gasteiger charge is 2.40. The Labute approximate surface area is 191 Å². The monoisotopic (exact) mass is 438 g/mol. The molecule has 0 amide bonds. The van der Waals surface area contributed by atoms with Gasteiger partial charge in [0.1, 0.15) is 35.7 Å². The SMILES string of the molecule is COc1ccc([C@H]2Oc3ccccc3C3=C2[C@H](c2cccc(OC)c2)n2ncnc2N3)cc1. The summed E-state index contributed by atoms with van der Waals surface area (Å²) in [6.07, 6.45) is 1.24. The lowest BCUT2D eigenvalue weighted by molar-refractivity contribution is 0.223. The average Bonchev–Trinajstić information content (AvgIpc) is 3.35. The Morgan fingerprint density at radius 1 is 0.879 bits per heavy atom. The molecule has 0 bridgehead atoms. The molecule has 3 heterocycles. The first-order valence-electron chi connectivity index (χ1n) is 10.7. The minimum absolute atomic E-state index is 0.227. The number of rotatable bonds is 4. The highest BCUT2D eigenvalue weighted by Crippen LogP contribution is 2.50. The summed E-state index contributed by atoms with van der Waals surface area (Å²) >= 11 is 0. The first-order chi connectivity index (χ1) is 16.3. The van der Waals surface area contributed by atoms with E-state index in [0.717, 1.165) is 45.2 Å². The Kier molecular flexibility index (Phi) is 4.54. The molecule has 33 heavy (non-hydrogen) atoms. The van der Waals surface area contributed by atoms with Crippen LogP contribution in [0.15, 0.2) is 84.7 Å². The largest absolute Gasteiger partial charge is 0.497 e. The zero-order chi connectivity index (χ0) is 22.4. The summed E-state index contributed by atoms with van der Waals surface area (Å²) in [4.78, 5) is 4.48. The lowest BCUT2D eigenvalue weighted by Crippen LogP contribution is -2.32. The second-order valence-corrected chi connectivity index (χ2v) is 7.93. The molecule has 4 aromatic rings. The number of anilines is 1. The molecule has 7 nitrogen and oxygen atoms in total. The molecule has 2 aliphatic heterocycles. The van der Waals surface area contributed by atoms with E-state index in [4.69, 9.17) is 14.2 Å². The second-order valence-electron chi connectivity index (χ2n) is 7.93. The first-order valence-corrected chi connectivity index (χ1v) is 10.7. The van der Waals surface area contributed by atoms with Gasteiger partial charge in [-0.1, -0.05) is 36.4 Å². The lowest BCUT2D eigenvalue weighted by atomic mass is 9.84. The molecular weight excluding hydrogens is 416 g/mol. The molecular formula is C26H22N4O3. The van der Waals surface area contributed by atoms with Crippen LogP contribution in [0.4, 0.5) is 5.95 Å². The van der Waals surface area contributed by atoms with Crippen molar-refractivity contribution >= 4 is 11.6 Å². The maximum atomic E-state index is 6.63. The molecule has 7 heteroatoms. The molecule has 3 aromatic carbocycles. The van der Waals surface area contributed by atoms with E-state index in [0.29, 0.717) is 5.95 Å². The quantitative estimate of drug-likeness (QED) is 0.491. The summed E-state index contributed by atoms with van der Waals surface area (Å²) < 4.78 is 19.4. The van der Waals surface area contributed by atoms with Crippen molar-refractivity contribution in [1.29, 1.82) is 0 Å². The number of fused-ring (bicyclic) bond motifs is 3. The molecule has 0 radical (unpaired) electrons. The van der Waals surface area contributed by atoms with Crippen molar-refractivity contribution in [3.63, 3.8) is 0 Å². The topological polar surface area (TPSA) is 70.4 Å². The van der Waals surface area contributed by atoms with Crippen molar-refractivity contribution in [2.24, 2.45) is 0 Å². The Balaban J connectivity index is 1.60. The van der Waals surface area contributed by atoms with Gasteiger partial charge in [-0.2, -0.15) is 10.1 Å². The molecule has 2 atom stereocenters. The normalized spacial score (nSPS) is 18.4. The number of nitrogens with zero attached hydrogens (tertiary/aromatic N) is 3. The number of nitrogens with one attached hydrogen (secondary N) is 1. The van der Waals surface area contributed by atoms with E-state index in [1.54, 1.807) is 20.5 Å². The standard InChI is InChI=1S/C26H22N4O3/c1-31-18-12-10-16(11-13-18)25-22-23(20-8-3-4-9-21(20)33-25)29-26-27-15-28-30(26)24(22)17-6-5-7-19(14-17)32-2/h3-15,24-25H,1-2H3,(H,27,28,29)/t24-,25+/m0/s1. The Hall–Kier alpha value is -4.26. The van der Waals surface area contributed by atoms with E-state index in [-0.39, 0.29) is 12.1 Å². The molecule has 0 unspecified atom stereocenters. The molecule has 0 aliphatic carbocycles. The smallest absolute Gasteiger partial charge is 0.226 e. The van der Waals surface area contributed by atoms with Crippen LogP contribution in [0.25, 0.3) is 5.70 Å².